The molecule has 3 rings (SSSR count). The third kappa shape index (κ3) is 2.27. The predicted molar refractivity (Wildman–Crippen MR) is 78.4 cm³/mol. The van der Waals surface area contributed by atoms with Crippen molar-refractivity contribution in [3.8, 4) is 0 Å². The van der Waals surface area contributed by atoms with Gasteiger partial charge in [-0.2, -0.15) is 0 Å². The van der Waals surface area contributed by atoms with Gasteiger partial charge in [0.05, 0.1) is 11.1 Å². The second-order valence-electron chi connectivity index (χ2n) is 4.51. The molecule has 1 aromatic carbocycles. The van der Waals surface area contributed by atoms with E-state index in [1.165, 1.54) is 12.3 Å². The Balaban J connectivity index is 2.03. The van der Waals surface area contributed by atoms with E-state index >= 15 is 0 Å². The zero-order valence-corrected chi connectivity index (χ0v) is 12.0. The first-order valence-corrected chi connectivity index (χ1v) is 7.28. The number of rotatable bonds is 4. The molecule has 4 nitrogen and oxygen atoms in total. The Morgan fingerprint density at radius 3 is 2.95 bits per heavy atom. The summed E-state index contributed by atoms with van der Waals surface area (Å²) in [6.07, 6.45) is 1.81. The van der Waals surface area contributed by atoms with Crippen molar-refractivity contribution in [2.24, 2.45) is 0 Å². The molecule has 21 heavy (non-hydrogen) atoms. The van der Waals surface area contributed by atoms with Gasteiger partial charge in [-0.3, -0.25) is 9.59 Å². The van der Waals surface area contributed by atoms with E-state index in [9.17, 15) is 14.0 Å². The minimum absolute atomic E-state index is 0.102. The van der Waals surface area contributed by atoms with Crippen molar-refractivity contribution >= 4 is 33.8 Å². The number of nitrogens with one attached hydrogen (secondary N) is 1. The number of para-hydroxylation sites is 1. The number of H-pyrrole nitrogens is 1. The van der Waals surface area contributed by atoms with E-state index in [2.05, 4.69) is 9.97 Å². The van der Waals surface area contributed by atoms with Crippen LogP contribution in [0.5, 0.6) is 0 Å². The number of benzene rings is 1. The van der Waals surface area contributed by atoms with E-state index < -0.39 is 5.82 Å². The highest BCUT2D eigenvalue weighted by Gasteiger charge is 2.20. The number of aromatic nitrogens is 2. The molecule has 0 aliphatic heterocycles. The van der Waals surface area contributed by atoms with E-state index in [1.54, 1.807) is 24.4 Å². The van der Waals surface area contributed by atoms with Gasteiger partial charge in [-0.25, -0.2) is 9.37 Å². The molecule has 6 heteroatoms. The molecule has 2 aromatic heterocycles. The average molecular weight is 302 g/mol. The van der Waals surface area contributed by atoms with E-state index in [0.29, 0.717) is 28.6 Å². The topological polar surface area (TPSA) is 62.8 Å². The number of thiazole rings is 1. The maximum Gasteiger partial charge on any atom is 0.223 e. The molecule has 0 unspecified atom stereocenters. The van der Waals surface area contributed by atoms with Gasteiger partial charge in [0, 0.05) is 23.4 Å². The number of halogens is 1. The van der Waals surface area contributed by atoms with Gasteiger partial charge in [0.1, 0.15) is 11.5 Å². The van der Waals surface area contributed by atoms with Crippen molar-refractivity contribution in [2.45, 2.75) is 13.3 Å². The Morgan fingerprint density at radius 1 is 1.38 bits per heavy atom. The minimum Gasteiger partial charge on any atom is -0.358 e. The maximum atomic E-state index is 13.6. The van der Waals surface area contributed by atoms with E-state index in [-0.39, 0.29) is 16.6 Å². The largest absolute Gasteiger partial charge is 0.358 e. The first-order valence-electron chi connectivity index (χ1n) is 6.40. The lowest BCUT2D eigenvalue weighted by atomic mass is 10.1. The van der Waals surface area contributed by atoms with Crippen molar-refractivity contribution in [1.29, 1.82) is 0 Å². The fraction of sp³-hybridized carbons (Fsp3) is 0.133. The number of ketones is 2. The summed E-state index contributed by atoms with van der Waals surface area (Å²) in [5, 5.41) is 2.32. The lowest BCUT2D eigenvalue weighted by Gasteiger charge is -1.96. The Hall–Kier alpha value is -2.34. The van der Waals surface area contributed by atoms with E-state index in [1.807, 2.05) is 0 Å². The van der Waals surface area contributed by atoms with Crippen LogP contribution in [0.2, 0.25) is 0 Å². The first kappa shape index (κ1) is 13.6. The SMILES string of the molecule is CCC(=O)c1csc(C(=O)c2c[nH]c3c(F)cccc23)n1. The molecule has 106 valence electrons. The molecule has 0 atom stereocenters. The number of carbonyl (C=O) groups is 2. The van der Waals surface area contributed by atoms with Gasteiger partial charge < -0.3 is 4.98 Å². The van der Waals surface area contributed by atoms with Crippen molar-refractivity contribution < 1.29 is 14.0 Å². The van der Waals surface area contributed by atoms with E-state index in [4.69, 9.17) is 0 Å². The Labute approximate surface area is 123 Å². The summed E-state index contributed by atoms with van der Waals surface area (Å²) in [6, 6.07) is 4.55. The fourth-order valence-electron chi connectivity index (χ4n) is 2.11. The van der Waals surface area contributed by atoms with Gasteiger partial charge in [0.2, 0.25) is 5.78 Å². The molecule has 0 aliphatic carbocycles. The lowest BCUT2D eigenvalue weighted by Crippen LogP contribution is -2.02. The van der Waals surface area contributed by atoms with Gasteiger partial charge in [-0.05, 0) is 6.07 Å². The second kappa shape index (κ2) is 5.21. The Morgan fingerprint density at radius 2 is 2.19 bits per heavy atom. The Bertz CT molecular complexity index is 850. The number of nitrogens with zero attached hydrogens (tertiary/aromatic N) is 1. The van der Waals surface area contributed by atoms with Gasteiger partial charge >= 0.3 is 0 Å². The molecule has 0 aliphatic rings. The molecule has 0 amide bonds. The highest BCUT2D eigenvalue weighted by atomic mass is 32.1. The Kier molecular flexibility index (Phi) is 3.39. The third-order valence-corrected chi connectivity index (χ3v) is 4.06. The third-order valence-electron chi connectivity index (χ3n) is 3.21. The van der Waals surface area contributed by atoms with E-state index in [0.717, 1.165) is 11.3 Å². The predicted octanol–water partition coefficient (Wildman–Crippen LogP) is 3.59. The van der Waals surface area contributed by atoms with Crippen LogP contribution in [0.25, 0.3) is 10.9 Å². The zero-order valence-electron chi connectivity index (χ0n) is 11.1. The lowest BCUT2D eigenvalue weighted by molar-refractivity contribution is 0.0984. The normalized spacial score (nSPS) is 11.0. The quantitative estimate of drug-likeness (QED) is 0.749. The number of aromatic amines is 1. The molecule has 0 radical (unpaired) electrons. The van der Waals surface area contributed by atoms with Crippen LogP contribution in [0.15, 0.2) is 29.8 Å². The molecule has 3 aromatic rings. The van der Waals surface area contributed by atoms with Gasteiger partial charge in [0.15, 0.2) is 10.8 Å². The molecule has 1 N–H and O–H groups in total. The number of hydrogen-bond donors (Lipinski definition) is 1. The zero-order chi connectivity index (χ0) is 15.0. The second-order valence-corrected chi connectivity index (χ2v) is 5.37. The van der Waals surface area contributed by atoms with Gasteiger partial charge in [0.25, 0.3) is 0 Å². The van der Waals surface area contributed by atoms with Crippen LogP contribution in [0.1, 0.15) is 39.2 Å². The van der Waals surface area contributed by atoms with Crippen molar-refractivity contribution in [3.05, 3.63) is 51.9 Å². The van der Waals surface area contributed by atoms with Crippen molar-refractivity contribution in [3.63, 3.8) is 0 Å². The van der Waals surface area contributed by atoms with Crippen molar-refractivity contribution in [2.75, 3.05) is 0 Å². The minimum atomic E-state index is -0.410. The van der Waals surface area contributed by atoms with Gasteiger partial charge in [-0.1, -0.05) is 19.1 Å². The number of hydrogen-bond acceptors (Lipinski definition) is 4. The highest BCUT2D eigenvalue weighted by Crippen LogP contribution is 2.24. The van der Waals surface area contributed by atoms with Crippen LogP contribution in [0, 0.1) is 5.82 Å². The van der Waals surface area contributed by atoms with Crippen LogP contribution in [0.4, 0.5) is 4.39 Å². The number of fused-ring (bicyclic) bond motifs is 1. The summed E-state index contributed by atoms with van der Waals surface area (Å²) in [5.41, 5.74) is 0.952. The summed E-state index contributed by atoms with van der Waals surface area (Å²) in [7, 11) is 0. The highest BCUT2D eigenvalue weighted by molar-refractivity contribution is 7.12. The fourth-order valence-corrected chi connectivity index (χ4v) is 2.88. The van der Waals surface area contributed by atoms with Crippen LogP contribution >= 0.6 is 11.3 Å². The average Bonchev–Trinajstić information content (AvgIpc) is 3.13. The molecule has 0 saturated heterocycles. The summed E-state index contributed by atoms with van der Waals surface area (Å²) in [4.78, 5) is 30.9. The van der Waals surface area contributed by atoms with Crippen LogP contribution in [-0.2, 0) is 0 Å². The van der Waals surface area contributed by atoms with Crippen LogP contribution in [-0.4, -0.2) is 21.5 Å². The maximum absolute atomic E-state index is 13.6. The van der Waals surface area contributed by atoms with Crippen LogP contribution < -0.4 is 0 Å². The first-order chi connectivity index (χ1) is 10.1. The molecular weight excluding hydrogens is 291 g/mol. The molecular formula is C15H11FN2O2S. The summed E-state index contributed by atoms with van der Waals surface area (Å²) < 4.78 is 13.6. The summed E-state index contributed by atoms with van der Waals surface area (Å²) in [5.74, 6) is -0.824. The molecule has 2 heterocycles. The smallest absolute Gasteiger partial charge is 0.223 e. The van der Waals surface area contributed by atoms with Crippen molar-refractivity contribution in [1.82, 2.24) is 9.97 Å². The summed E-state index contributed by atoms with van der Waals surface area (Å²) in [6.45, 7) is 1.74. The molecule has 0 bridgehead atoms. The number of Topliss-reactive ketones (excluding diaryl/α,β-unsaturated/α-hetero) is 1. The number of carbonyl (C=O) groups excluding carboxylic acids is 2. The molecule has 0 fully saturated rings. The monoisotopic (exact) mass is 302 g/mol. The summed E-state index contributed by atoms with van der Waals surface area (Å²) >= 11 is 1.12. The van der Waals surface area contributed by atoms with Crippen LogP contribution in [0.3, 0.4) is 0 Å². The van der Waals surface area contributed by atoms with Gasteiger partial charge in [-0.15, -0.1) is 11.3 Å². The standard InChI is InChI=1S/C15H11FN2O2S/c1-2-12(19)11-7-21-15(18-11)14(20)9-6-17-13-8(9)4-3-5-10(13)16/h3-7,17H,2H2,1H3. The molecule has 0 saturated carbocycles. The molecule has 0 spiro atoms.